The molecule has 1 amide bonds. The van der Waals surface area contributed by atoms with Gasteiger partial charge in [0.05, 0.1) is 6.10 Å². The molecule has 4 nitrogen and oxygen atoms in total. The summed E-state index contributed by atoms with van der Waals surface area (Å²) in [5.41, 5.74) is -0.573. The van der Waals surface area contributed by atoms with Gasteiger partial charge in [-0.3, -0.25) is 4.79 Å². The number of benzene rings is 2. The summed E-state index contributed by atoms with van der Waals surface area (Å²) in [6.07, 6.45) is 4.31. The molecule has 1 heterocycles. The van der Waals surface area contributed by atoms with Gasteiger partial charge in [0.2, 0.25) is 0 Å². The van der Waals surface area contributed by atoms with Crippen molar-refractivity contribution >= 4 is 5.91 Å². The maximum Gasteiger partial charge on any atom is 0.261 e. The summed E-state index contributed by atoms with van der Waals surface area (Å²) in [5, 5.41) is 14.2. The van der Waals surface area contributed by atoms with E-state index in [0.29, 0.717) is 17.7 Å². The first kappa shape index (κ1) is 17.6. The number of ether oxygens (including phenoxy) is 1. The van der Waals surface area contributed by atoms with Crippen LogP contribution < -0.4 is 5.32 Å². The number of rotatable bonds is 6. The molecule has 0 radical (unpaired) electrons. The van der Waals surface area contributed by atoms with Gasteiger partial charge in [0, 0.05) is 13.2 Å². The minimum atomic E-state index is -1.70. The van der Waals surface area contributed by atoms with E-state index < -0.39 is 11.5 Å². The molecule has 0 bridgehead atoms. The van der Waals surface area contributed by atoms with Crippen molar-refractivity contribution in [3.63, 3.8) is 0 Å². The Balaban J connectivity index is 1.74. The summed E-state index contributed by atoms with van der Waals surface area (Å²) in [4.78, 5) is 12.9. The highest BCUT2D eigenvalue weighted by molar-refractivity contribution is 5.90. The molecule has 1 saturated heterocycles. The Hall–Kier alpha value is -2.17. The first-order valence-electron chi connectivity index (χ1n) is 8.94. The average molecular weight is 339 g/mol. The predicted octanol–water partition coefficient (Wildman–Crippen LogP) is 3.00. The van der Waals surface area contributed by atoms with Gasteiger partial charge in [-0.25, -0.2) is 0 Å². The molecular weight excluding hydrogens is 314 g/mol. The molecule has 1 atom stereocenters. The van der Waals surface area contributed by atoms with E-state index in [2.05, 4.69) is 5.32 Å². The van der Waals surface area contributed by atoms with Crippen molar-refractivity contribution in [1.82, 2.24) is 5.32 Å². The van der Waals surface area contributed by atoms with Crippen LogP contribution in [0.1, 0.15) is 36.8 Å². The van der Waals surface area contributed by atoms with Gasteiger partial charge in [-0.05, 0) is 36.8 Å². The van der Waals surface area contributed by atoms with Crippen LogP contribution in [0.4, 0.5) is 0 Å². The molecule has 4 heteroatoms. The van der Waals surface area contributed by atoms with Crippen LogP contribution in [0, 0.1) is 0 Å². The first-order chi connectivity index (χ1) is 12.2. The van der Waals surface area contributed by atoms with Gasteiger partial charge in [0.25, 0.3) is 5.91 Å². The molecular formula is C21H25NO3. The van der Waals surface area contributed by atoms with E-state index in [-0.39, 0.29) is 6.10 Å². The maximum atomic E-state index is 12.9. The third-order valence-electron chi connectivity index (χ3n) is 4.74. The molecule has 1 aliphatic rings. The summed E-state index contributed by atoms with van der Waals surface area (Å²) >= 11 is 0. The van der Waals surface area contributed by atoms with Crippen molar-refractivity contribution in [3.05, 3.63) is 71.8 Å². The quantitative estimate of drug-likeness (QED) is 0.850. The first-order valence-corrected chi connectivity index (χ1v) is 8.94. The van der Waals surface area contributed by atoms with E-state index in [1.807, 2.05) is 36.4 Å². The molecule has 1 unspecified atom stereocenters. The fourth-order valence-electron chi connectivity index (χ4n) is 3.30. The van der Waals surface area contributed by atoms with Gasteiger partial charge in [-0.2, -0.15) is 0 Å². The van der Waals surface area contributed by atoms with Crippen molar-refractivity contribution in [2.45, 2.75) is 37.4 Å². The molecule has 3 rings (SSSR count). The topological polar surface area (TPSA) is 58.6 Å². The van der Waals surface area contributed by atoms with E-state index in [1.165, 1.54) is 6.42 Å². The largest absolute Gasteiger partial charge is 0.378 e. The average Bonchev–Trinajstić information content (AvgIpc) is 2.69. The monoisotopic (exact) mass is 339 g/mol. The Morgan fingerprint density at radius 3 is 2.16 bits per heavy atom. The lowest BCUT2D eigenvalue weighted by atomic mass is 9.85. The number of carbonyl (C=O) groups is 1. The lowest BCUT2D eigenvalue weighted by Crippen LogP contribution is -2.46. The summed E-state index contributed by atoms with van der Waals surface area (Å²) in [7, 11) is 0. The predicted molar refractivity (Wildman–Crippen MR) is 97.1 cm³/mol. The maximum absolute atomic E-state index is 12.9. The fourth-order valence-corrected chi connectivity index (χ4v) is 3.30. The lowest BCUT2D eigenvalue weighted by molar-refractivity contribution is -0.136. The molecule has 25 heavy (non-hydrogen) atoms. The molecule has 1 fully saturated rings. The van der Waals surface area contributed by atoms with E-state index in [0.717, 1.165) is 25.9 Å². The minimum Gasteiger partial charge on any atom is -0.378 e. The second-order valence-corrected chi connectivity index (χ2v) is 6.48. The third-order valence-corrected chi connectivity index (χ3v) is 4.74. The van der Waals surface area contributed by atoms with E-state index in [4.69, 9.17) is 4.74 Å². The van der Waals surface area contributed by atoms with Crippen LogP contribution >= 0.6 is 0 Å². The SMILES string of the molecule is O=C(NCCC1CCCCO1)C(O)(c1ccccc1)c1ccccc1. The highest BCUT2D eigenvalue weighted by Gasteiger charge is 2.39. The van der Waals surface area contributed by atoms with E-state index >= 15 is 0 Å². The van der Waals surface area contributed by atoms with Crippen LogP contribution in [0.15, 0.2) is 60.7 Å². The van der Waals surface area contributed by atoms with Crippen molar-refractivity contribution in [2.24, 2.45) is 0 Å². The zero-order valence-corrected chi connectivity index (χ0v) is 14.4. The minimum absolute atomic E-state index is 0.204. The number of hydrogen-bond acceptors (Lipinski definition) is 3. The summed E-state index contributed by atoms with van der Waals surface area (Å²) in [5.74, 6) is -0.402. The highest BCUT2D eigenvalue weighted by Crippen LogP contribution is 2.29. The zero-order valence-electron chi connectivity index (χ0n) is 14.4. The van der Waals surface area contributed by atoms with Crippen LogP contribution in [-0.2, 0) is 15.1 Å². The van der Waals surface area contributed by atoms with Crippen LogP contribution in [0.25, 0.3) is 0 Å². The summed E-state index contributed by atoms with van der Waals surface area (Å²) in [6, 6.07) is 18.1. The molecule has 2 aromatic carbocycles. The van der Waals surface area contributed by atoms with Crippen LogP contribution in [0.5, 0.6) is 0 Å². The molecule has 0 spiro atoms. The summed E-state index contributed by atoms with van der Waals surface area (Å²) < 4.78 is 5.70. The van der Waals surface area contributed by atoms with Gasteiger partial charge >= 0.3 is 0 Å². The van der Waals surface area contributed by atoms with Gasteiger partial charge in [0.15, 0.2) is 5.60 Å². The van der Waals surface area contributed by atoms with Crippen molar-refractivity contribution < 1.29 is 14.6 Å². The third kappa shape index (κ3) is 4.09. The van der Waals surface area contributed by atoms with Gasteiger partial charge in [0.1, 0.15) is 0 Å². The van der Waals surface area contributed by atoms with Crippen molar-refractivity contribution in [3.8, 4) is 0 Å². The lowest BCUT2D eigenvalue weighted by Gasteiger charge is -2.29. The Bertz CT molecular complexity index is 627. The standard InChI is InChI=1S/C21H25NO3/c23-20(22-15-14-19-13-7-8-16-25-19)21(24,17-9-3-1-4-10-17)18-11-5-2-6-12-18/h1-6,9-12,19,24H,7-8,13-16H2,(H,22,23). The van der Waals surface area contributed by atoms with Gasteiger partial charge < -0.3 is 15.2 Å². The van der Waals surface area contributed by atoms with E-state index in [1.54, 1.807) is 24.3 Å². The molecule has 0 aliphatic carbocycles. The van der Waals surface area contributed by atoms with Crippen LogP contribution in [0.2, 0.25) is 0 Å². The van der Waals surface area contributed by atoms with Gasteiger partial charge in [-0.15, -0.1) is 0 Å². The van der Waals surface area contributed by atoms with Crippen molar-refractivity contribution in [1.29, 1.82) is 0 Å². The number of carbonyl (C=O) groups excluding carboxylic acids is 1. The molecule has 132 valence electrons. The number of nitrogens with one attached hydrogen (secondary N) is 1. The Morgan fingerprint density at radius 2 is 1.64 bits per heavy atom. The normalized spacial score (nSPS) is 17.9. The zero-order chi connectivity index (χ0) is 17.5. The number of hydrogen-bond donors (Lipinski definition) is 2. The second-order valence-electron chi connectivity index (χ2n) is 6.48. The van der Waals surface area contributed by atoms with Crippen LogP contribution in [0.3, 0.4) is 0 Å². The fraction of sp³-hybridized carbons (Fsp3) is 0.381. The number of aliphatic hydroxyl groups is 1. The van der Waals surface area contributed by atoms with Gasteiger partial charge in [-0.1, -0.05) is 60.7 Å². The second kappa shape index (κ2) is 8.28. The Labute approximate surface area is 148 Å². The highest BCUT2D eigenvalue weighted by atomic mass is 16.5. The molecule has 1 aliphatic heterocycles. The smallest absolute Gasteiger partial charge is 0.261 e. The Morgan fingerprint density at radius 1 is 1.04 bits per heavy atom. The van der Waals surface area contributed by atoms with Crippen molar-refractivity contribution in [2.75, 3.05) is 13.2 Å². The molecule has 2 N–H and O–H groups in total. The van der Waals surface area contributed by atoms with Crippen LogP contribution in [-0.4, -0.2) is 30.3 Å². The van der Waals surface area contributed by atoms with E-state index in [9.17, 15) is 9.90 Å². The molecule has 0 saturated carbocycles. The number of amides is 1. The Kier molecular flexibility index (Phi) is 5.84. The molecule has 0 aromatic heterocycles. The summed E-state index contributed by atoms with van der Waals surface area (Å²) in [6.45, 7) is 1.29. The molecule has 2 aromatic rings.